The Hall–Kier alpha value is -2.84. The quantitative estimate of drug-likeness (QED) is 0.315. The molecule has 0 radical (unpaired) electrons. The molecule has 0 saturated carbocycles. The maximum absolute atomic E-state index is 12.2. The summed E-state index contributed by atoms with van der Waals surface area (Å²) in [6, 6.07) is 16.9. The number of thioether (sulfide) groups is 1. The zero-order valence-corrected chi connectivity index (χ0v) is 20.1. The van der Waals surface area contributed by atoms with Crippen LogP contribution in [0.3, 0.4) is 0 Å². The van der Waals surface area contributed by atoms with Crippen molar-refractivity contribution in [2.24, 2.45) is 11.7 Å². The van der Waals surface area contributed by atoms with E-state index in [1.165, 1.54) is 0 Å². The largest absolute Gasteiger partial charge is 0.868 e. The number of carbonyl (C=O) groups is 3. The first kappa shape index (κ1) is 28.2. The Morgan fingerprint density at radius 2 is 1.76 bits per heavy atom. The van der Waals surface area contributed by atoms with Crippen LogP contribution in [-0.2, 0) is 20.8 Å². The summed E-state index contributed by atoms with van der Waals surface area (Å²) < 4.78 is 0. The molecule has 8 heteroatoms. The van der Waals surface area contributed by atoms with Gasteiger partial charge in [0.25, 0.3) is 0 Å². The van der Waals surface area contributed by atoms with Crippen LogP contribution in [0.25, 0.3) is 0 Å². The van der Waals surface area contributed by atoms with Crippen LogP contribution in [0.15, 0.2) is 65.8 Å². The van der Waals surface area contributed by atoms with Crippen LogP contribution in [0.1, 0.15) is 25.3 Å². The number of likely N-dealkylation sites (N-methyl/N-ethyl adjacent to an activating group) is 1. The number of nitrogens with two attached hydrogens (primary N) is 1. The average molecular weight is 473 g/mol. The molecule has 0 aliphatic carbocycles. The molecule has 0 aliphatic heterocycles. The van der Waals surface area contributed by atoms with Gasteiger partial charge in [0.05, 0.1) is 11.8 Å². The predicted octanol–water partition coefficient (Wildman–Crippen LogP) is 1.81. The number of allylic oxidation sites excluding steroid dienone is 1. The van der Waals surface area contributed by atoms with Gasteiger partial charge in [-0.1, -0.05) is 72.7 Å². The van der Waals surface area contributed by atoms with Crippen molar-refractivity contribution in [1.82, 2.24) is 10.2 Å². The third-order valence-electron chi connectivity index (χ3n) is 4.95. The number of carbonyl (C=O) groups excluding carboxylic acids is 3. The molecule has 0 fully saturated rings. The molecule has 3 N–H and O–H groups in total. The fourth-order valence-corrected chi connectivity index (χ4v) is 3.78. The molecule has 2 amide bonds. The third-order valence-corrected chi connectivity index (χ3v) is 5.81. The van der Waals surface area contributed by atoms with Gasteiger partial charge in [0, 0.05) is 19.5 Å². The Morgan fingerprint density at radius 3 is 2.30 bits per heavy atom. The van der Waals surface area contributed by atoms with Gasteiger partial charge in [-0.05, 0) is 31.4 Å². The monoisotopic (exact) mass is 472 g/mol. The molecule has 7 nitrogen and oxygen atoms in total. The highest BCUT2D eigenvalue weighted by atomic mass is 32.2. The van der Waals surface area contributed by atoms with Gasteiger partial charge in [0.15, 0.2) is 0 Å². The summed E-state index contributed by atoms with van der Waals surface area (Å²) in [4.78, 5) is 36.5. The Bertz CT molecular complexity index is 821. The lowest BCUT2D eigenvalue weighted by Crippen LogP contribution is -2.45. The van der Waals surface area contributed by atoms with Crippen LogP contribution in [0.5, 0.6) is 0 Å². The molecule has 2 atom stereocenters. The first-order valence-corrected chi connectivity index (χ1v) is 11.9. The summed E-state index contributed by atoms with van der Waals surface area (Å²) in [6.45, 7) is 2.59. The Kier molecular flexibility index (Phi) is 14.3. The predicted molar refractivity (Wildman–Crippen MR) is 131 cm³/mol. The molecule has 1 aromatic carbocycles. The number of amides is 2. The Balaban J connectivity index is 2.53. The third kappa shape index (κ3) is 12.7. The number of aldehydes is 1. The molecule has 0 aromatic heterocycles. The lowest BCUT2D eigenvalue weighted by atomic mass is 10.0. The van der Waals surface area contributed by atoms with Gasteiger partial charge in [-0.2, -0.15) is 0 Å². The minimum atomic E-state index is -0.418. The summed E-state index contributed by atoms with van der Waals surface area (Å²) in [5, 5.41) is 14.8. The van der Waals surface area contributed by atoms with Crippen molar-refractivity contribution in [1.29, 1.82) is 0 Å². The van der Waals surface area contributed by atoms with Crippen LogP contribution in [-0.4, -0.2) is 54.9 Å². The number of nitrogens with one attached hydrogen (secondary N) is 1. The fraction of sp³-hybridized carbons (Fsp3) is 0.400. The maximum atomic E-state index is 12.2. The molecule has 0 heterocycles. The topological polar surface area (TPSA) is 116 Å². The van der Waals surface area contributed by atoms with Crippen LogP contribution < -0.4 is 16.2 Å². The average Bonchev–Trinajstić information content (AvgIpc) is 2.78. The summed E-state index contributed by atoms with van der Waals surface area (Å²) >= 11 is 0.939. The second kappa shape index (κ2) is 16.7. The van der Waals surface area contributed by atoms with Crippen molar-refractivity contribution in [3.05, 3.63) is 71.3 Å². The van der Waals surface area contributed by atoms with Crippen LogP contribution >= 0.6 is 11.8 Å². The van der Waals surface area contributed by atoms with E-state index in [-0.39, 0.29) is 35.6 Å². The Labute approximate surface area is 200 Å². The van der Waals surface area contributed by atoms with E-state index in [1.54, 1.807) is 18.0 Å². The van der Waals surface area contributed by atoms with E-state index in [2.05, 4.69) is 5.32 Å². The fourth-order valence-electron chi connectivity index (χ4n) is 3.20. The summed E-state index contributed by atoms with van der Waals surface area (Å²) in [6.07, 6.45) is 3.65. The van der Waals surface area contributed by atoms with E-state index in [0.717, 1.165) is 23.6 Å². The minimum absolute atomic E-state index is 0.000174. The van der Waals surface area contributed by atoms with Gasteiger partial charge in [-0.25, -0.2) is 0 Å². The molecular formula is C25H34N3O4S-. The highest BCUT2D eigenvalue weighted by molar-refractivity contribution is 8.03. The molecule has 0 saturated heterocycles. The first-order chi connectivity index (χ1) is 15.9. The number of hydrogen-bond donors (Lipinski definition) is 2. The van der Waals surface area contributed by atoms with Gasteiger partial charge in [-0.3, -0.25) is 14.5 Å². The normalized spacial score (nSPS) is 13.0. The molecular weight excluding hydrogens is 438 g/mol. The zero-order valence-electron chi connectivity index (χ0n) is 19.3. The molecule has 1 aromatic rings. The molecule has 2 unspecified atom stereocenters. The summed E-state index contributed by atoms with van der Waals surface area (Å²) in [5.41, 5.74) is 6.39. The SMILES string of the molecule is CCC(C(N)=O)N(C)CC(CC=O)CNC(=O)CSC([O-])=CCc1ccccccccc1. The van der Waals surface area contributed by atoms with Crippen LogP contribution in [0.4, 0.5) is 0 Å². The molecule has 0 spiro atoms. The second-order valence-electron chi connectivity index (χ2n) is 7.61. The van der Waals surface area contributed by atoms with Crippen molar-refractivity contribution < 1.29 is 19.5 Å². The zero-order chi connectivity index (χ0) is 24.5. The number of hydrogen-bond acceptors (Lipinski definition) is 6. The van der Waals surface area contributed by atoms with Gasteiger partial charge in [0.2, 0.25) is 11.8 Å². The highest BCUT2D eigenvalue weighted by Gasteiger charge is 2.22. The van der Waals surface area contributed by atoms with E-state index >= 15 is 0 Å². The lowest BCUT2D eigenvalue weighted by Gasteiger charge is -2.28. The van der Waals surface area contributed by atoms with E-state index in [9.17, 15) is 19.5 Å². The van der Waals surface area contributed by atoms with Crippen LogP contribution in [0.2, 0.25) is 0 Å². The van der Waals surface area contributed by atoms with Gasteiger partial charge in [0.1, 0.15) is 6.29 Å². The molecule has 33 heavy (non-hydrogen) atoms. The van der Waals surface area contributed by atoms with E-state index in [1.807, 2.05) is 61.5 Å². The molecule has 1 rings (SSSR count). The highest BCUT2D eigenvalue weighted by Crippen LogP contribution is 2.11. The van der Waals surface area contributed by atoms with E-state index in [4.69, 9.17) is 5.73 Å². The number of rotatable bonds is 14. The minimum Gasteiger partial charge on any atom is -0.868 e. The van der Waals surface area contributed by atoms with Crippen molar-refractivity contribution in [2.45, 2.75) is 32.2 Å². The van der Waals surface area contributed by atoms with Crippen molar-refractivity contribution in [3.8, 4) is 0 Å². The second-order valence-corrected chi connectivity index (χ2v) is 8.59. The van der Waals surface area contributed by atoms with E-state index in [0.29, 0.717) is 19.4 Å². The first-order valence-electron chi connectivity index (χ1n) is 10.9. The summed E-state index contributed by atoms with van der Waals surface area (Å²) in [7, 11) is 1.77. The standard InChI is InChI=1S/C25H35N3O4S/c1-3-22(25(26)32)28(2)18-21(15-16-29)17-27-23(30)19-33-24(31)14-13-20-11-9-7-5-4-6-8-10-12-20/h4-12,14,16,21-22,31H,3,13,15,17-19H2,1-2H3,(H2,26,32)(H,27,30)/p-1. The number of primary amides is 1. The van der Waals surface area contributed by atoms with Gasteiger partial charge >= 0.3 is 0 Å². The molecule has 0 bridgehead atoms. The molecule has 180 valence electrons. The van der Waals surface area contributed by atoms with Crippen molar-refractivity contribution >= 4 is 29.9 Å². The maximum Gasteiger partial charge on any atom is 0.234 e. The van der Waals surface area contributed by atoms with Crippen molar-refractivity contribution in [2.75, 3.05) is 25.9 Å². The molecule has 0 aliphatic rings. The van der Waals surface area contributed by atoms with Gasteiger partial charge in [-0.15, -0.1) is 11.8 Å². The van der Waals surface area contributed by atoms with Crippen molar-refractivity contribution in [3.63, 3.8) is 0 Å². The lowest BCUT2D eigenvalue weighted by molar-refractivity contribution is -0.284. The van der Waals surface area contributed by atoms with Crippen LogP contribution in [0, 0.1) is 5.92 Å². The Morgan fingerprint density at radius 1 is 1.15 bits per heavy atom. The summed E-state index contributed by atoms with van der Waals surface area (Å²) in [5.74, 6) is -0.846. The smallest absolute Gasteiger partial charge is 0.234 e. The van der Waals surface area contributed by atoms with E-state index < -0.39 is 11.9 Å². The number of nitrogens with zero attached hydrogens (tertiary/aromatic N) is 1. The van der Waals surface area contributed by atoms with Gasteiger partial charge < -0.3 is 21.0 Å².